The van der Waals surface area contributed by atoms with Crippen LogP contribution in [0.4, 0.5) is 0 Å². The third-order valence-corrected chi connectivity index (χ3v) is 4.09. The molecule has 1 atom stereocenters. The molecule has 0 bridgehead atoms. The van der Waals surface area contributed by atoms with Crippen molar-refractivity contribution >= 4 is 18.5 Å². The Morgan fingerprint density at radius 1 is 1.13 bits per heavy atom. The SMILES string of the molecule is N[C@](CS)(Cc1ccc(OCc2ccccc2)cc1)C(=O)NO. The van der Waals surface area contributed by atoms with E-state index in [4.69, 9.17) is 15.7 Å². The molecule has 0 fully saturated rings. The molecule has 2 rings (SSSR count). The minimum Gasteiger partial charge on any atom is -0.489 e. The molecular weight excluding hydrogens is 312 g/mol. The lowest BCUT2D eigenvalue weighted by Gasteiger charge is -2.25. The molecule has 4 N–H and O–H groups in total. The van der Waals surface area contributed by atoms with Crippen LogP contribution in [0.2, 0.25) is 0 Å². The number of ether oxygens (including phenoxy) is 1. The Morgan fingerprint density at radius 2 is 1.78 bits per heavy atom. The van der Waals surface area contributed by atoms with Crippen LogP contribution < -0.4 is 16.0 Å². The van der Waals surface area contributed by atoms with E-state index in [2.05, 4.69) is 12.6 Å². The number of thiol groups is 1. The lowest BCUT2D eigenvalue weighted by atomic mass is 9.93. The first-order chi connectivity index (χ1) is 11.1. The molecule has 0 aliphatic rings. The largest absolute Gasteiger partial charge is 0.489 e. The molecule has 0 spiro atoms. The van der Waals surface area contributed by atoms with E-state index >= 15 is 0 Å². The van der Waals surface area contributed by atoms with Crippen LogP contribution in [0.3, 0.4) is 0 Å². The van der Waals surface area contributed by atoms with Crippen molar-refractivity contribution in [2.45, 2.75) is 18.6 Å². The minimum absolute atomic E-state index is 0.117. The number of hydroxylamine groups is 1. The van der Waals surface area contributed by atoms with Crippen LogP contribution in [0.1, 0.15) is 11.1 Å². The maximum absolute atomic E-state index is 11.6. The predicted molar refractivity (Wildman–Crippen MR) is 91.6 cm³/mol. The van der Waals surface area contributed by atoms with Crippen LogP contribution in [0.15, 0.2) is 54.6 Å². The van der Waals surface area contributed by atoms with E-state index in [1.54, 1.807) is 5.48 Å². The molecule has 0 unspecified atom stereocenters. The van der Waals surface area contributed by atoms with E-state index in [0.29, 0.717) is 6.61 Å². The molecule has 2 aromatic carbocycles. The molecule has 0 aliphatic carbocycles. The monoisotopic (exact) mass is 332 g/mol. The zero-order valence-electron chi connectivity index (χ0n) is 12.6. The van der Waals surface area contributed by atoms with Crippen LogP contribution in [-0.4, -0.2) is 22.4 Å². The lowest BCUT2D eigenvalue weighted by molar-refractivity contribution is -0.134. The summed E-state index contributed by atoms with van der Waals surface area (Å²) in [6, 6.07) is 17.2. The normalized spacial score (nSPS) is 13.2. The Morgan fingerprint density at radius 3 is 2.35 bits per heavy atom. The second-order valence-electron chi connectivity index (χ2n) is 5.35. The molecule has 0 radical (unpaired) electrons. The van der Waals surface area contributed by atoms with Crippen molar-refractivity contribution in [3.63, 3.8) is 0 Å². The summed E-state index contributed by atoms with van der Waals surface area (Å²) in [5, 5.41) is 8.77. The second kappa shape index (κ2) is 8.01. The van der Waals surface area contributed by atoms with Crippen molar-refractivity contribution in [1.29, 1.82) is 0 Å². The number of rotatable bonds is 7. The maximum Gasteiger partial charge on any atom is 0.264 e. The number of carbonyl (C=O) groups is 1. The molecule has 0 saturated heterocycles. The van der Waals surface area contributed by atoms with Gasteiger partial charge in [-0.25, -0.2) is 5.48 Å². The fraction of sp³-hybridized carbons (Fsp3) is 0.235. The van der Waals surface area contributed by atoms with Gasteiger partial charge >= 0.3 is 0 Å². The zero-order chi connectivity index (χ0) is 16.7. The van der Waals surface area contributed by atoms with Crippen LogP contribution in [0.25, 0.3) is 0 Å². The van der Waals surface area contributed by atoms with E-state index < -0.39 is 11.4 Å². The molecule has 0 saturated carbocycles. The molecule has 0 heterocycles. The Kier molecular flexibility index (Phi) is 6.04. The van der Waals surface area contributed by atoms with Crippen molar-refractivity contribution in [3.05, 3.63) is 65.7 Å². The van der Waals surface area contributed by atoms with Crippen molar-refractivity contribution in [2.75, 3.05) is 5.75 Å². The molecule has 5 nitrogen and oxygen atoms in total. The summed E-state index contributed by atoms with van der Waals surface area (Å²) in [6.45, 7) is 0.491. The topological polar surface area (TPSA) is 84.6 Å². The number of nitrogens with two attached hydrogens (primary N) is 1. The Bertz CT molecular complexity index is 634. The molecule has 6 heteroatoms. The third kappa shape index (κ3) is 4.72. The molecule has 0 aliphatic heterocycles. The van der Waals surface area contributed by atoms with Crippen molar-refractivity contribution < 1.29 is 14.7 Å². The van der Waals surface area contributed by atoms with Gasteiger partial charge in [0.2, 0.25) is 0 Å². The van der Waals surface area contributed by atoms with Gasteiger partial charge in [0.15, 0.2) is 0 Å². The van der Waals surface area contributed by atoms with E-state index in [0.717, 1.165) is 16.9 Å². The van der Waals surface area contributed by atoms with Gasteiger partial charge in [0.05, 0.1) is 0 Å². The van der Waals surface area contributed by atoms with Gasteiger partial charge < -0.3 is 10.5 Å². The number of hydrogen-bond acceptors (Lipinski definition) is 5. The Hall–Kier alpha value is -2.02. The van der Waals surface area contributed by atoms with Gasteiger partial charge in [0.25, 0.3) is 5.91 Å². The van der Waals surface area contributed by atoms with Gasteiger partial charge in [-0.05, 0) is 23.3 Å². The van der Waals surface area contributed by atoms with Crippen LogP contribution >= 0.6 is 12.6 Å². The van der Waals surface area contributed by atoms with E-state index in [-0.39, 0.29) is 12.2 Å². The first kappa shape index (κ1) is 17.3. The van der Waals surface area contributed by atoms with Crippen LogP contribution in [-0.2, 0) is 17.8 Å². The number of nitrogens with one attached hydrogen (secondary N) is 1. The average Bonchev–Trinajstić information content (AvgIpc) is 2.61. The highest BCUT2D eigenvalue weighted by atomic mass is 32.1. The number of hydrogen-bond donors (Lipinski definition) is 4. The molecule has 23 heavy (non-hydrogen) atoms. The molecule has 0 aromatic heterocycles. The van der Waals surface area contributed by atoms with Gasteiger partial charge in [0.1, 0.15) is 17.9 Å². The maximum atomic E-state index is 11.6. The fourth-order valence-electron chi connectivity index (χ4n) is 2.13. The summed E-state index contributed by atoms with van der Waals surface area (Å²) in [6.07, 6.45) is 0.266. The van der Waals surface area contributed by atoms with Gasteiger partial charge in [-0.2, -0.15) is 12.6 Å². The highest BCUT2D eigenvalue weighted by molar-refractivity contribution is 7.80. The van der Waals surface area contributed by atoms with Crippen molar-refractivity contribution in [1.82, 2.24) is 5.48 Å². The lowest BCUT2D eigenvalue weighted by Crippen LogP contribution is -2.56. The summed E-state index contributed by atoms with van der Waals surface area (Å²) < 4.78 is 5.71. The smallest absolute Gasteiger partial charge is 0.264 e. The predicted octanol–water partition coefficient (Wildman–Crippen LogP) is 1.94. The summed E-state index contributed by atoms with van der Waals surface area (Å²) in [5.74, 6) is 0.195. The molecular formula is C17H20N2O3S. The fourth-order valence-corrected chi connectivity index (χ4v) is 2.38. The Labute approximate surface area is 140 Å². The first-order valence-electron chi connectivity index (χ1n) is 7.17. The standard InChI is InChI=1S/C17H20N2O3S/c18-17(12-23,16(20)19-21)10-13-6-8-15(9-7-13)22-11-14-4-2-1-3-5-14/h1-9,21,23H,10-12,18H2,(H,19,20)/t17-/m0/s1. The number of carbonyl (C=O) groups excluding carboxylic acids is 1. The highest BCUT2D eigenvalue weighted by Crippen LogP contribution is 2.18. The molecule has 122 valence electrons. The second-order valence-corrected chi connectivity index (χ2v) is 5.67. The van der Waals surface area contributed by atoms with Gasteiger partial charge in [0, 0.05) is 12.2 Å². The third-order valence-electron chi connectivity index (χ3n) is 3.53. The van der Waals surface area contributed by atoms with Crippen molar-refractivity contribution in [3.8, 4) is 5.75 Å². The quantitative estimate of drug-likeness (QED) is 0.355. The summed E-state index contributed by atoms with van der Waals surface area (Å²) in [7, 11) is 0. The van der Waals surface area contributed by atoms with E-state index in [1.807, 2.05) is 54.6 Å². The Balaban J connectivity index is 1.97. The van der Waals surface area contributed by atoms with Crippen LogP contribution in [0, 0.1) is 0 Å². The number of amides is 1. The average molecular weight is 332 g/mol. The van der Waals surface area contributed by atoms with Crippen molar-refractivity contribution in [2.24, 2.45) is 5.73 Å². The zero-order valence-corrected chi connectivity index (χ0v) is 13.5. The van der Waals surface area contributed by atoms with E-state index in [1.165, 1.54) is 0 Å². The molecule has 2 aromatic rings. The highest BCUT2D eigenvalue weighted by Gasteiger charge is 2.32. The summed E-state index contributed by atoms with van der Waals surface area (Å²) in [4.78, 5) is 11.6. The number of benzene rings is 2. The van der Waals surface area contributed by atoms with Crippen LogP contribution in [0.5, 0.6) is 5.75 Å². The first-order valence-corrected chi connectivity index (χ1v) is 7.80. The van der Waals surface area contributed by atoms with E-state index in [9.17, 15) is 4.79 Å². The van der Waals surface area contributed by atoms with Gasteiger partial charge in [-0.1, -0.05) is 42.5 Å². The minimum atomic E-state index is -1.26. The van der Waals surface area contributed by atoms with Gasteiger partial charge in [-0.3, -0.25) is 10.0 Å². The molecule has 1 amide bonds. The summed E-state index contributed by atoms with van der Waals surface area (Å²) in [5.41, 5.74) is 8.25. The van der Waals surface area contributed by atoms with Gasteiger partial charge in [-0.15, -0.1) is 0 Å². The summed E-state index contributed by atoms with van der Waals surface area (Å²) >= 11 is 4.10.